The molecule has 27 heavy (non-hydrogen) atoms. The van der Waals surface area contributed by atoms with E-state index in [1.54, 1.807) is 31.2 Å². The first-order valence-electron chi connectivity index (χ1n) is 8.31. The number of carbonyl (C=O) groups is 2. The fraction of sp³-hybridized carbons (Fsp3) is 0.200. The molecule has 0 N–H and O–H groups in total. The highest BCUT2D eigenvalue weighted by atomic mass is 79.9. The van der Waals surface area contributed by atoms with Crippen molar-refractivity contribution in [2.24, 2.45) is 0 Å². The van der Waals surface area contributed by atoms with Crippen LogP contribution in [0.4, 0.5) is 0 Å². The Morgan fingerprint density at radius 3 is 2.59 bits per heavy atom. The molecule has 3 rings (SSSR count). The van der Waals surface area contributed by atoms with Crippen molar-refractivity contribution in [1.29, 1.82) is 0 Å². The minimum atomic E-state index is -0.407. The number of ether oxygens (including phenoxy) is 2. The summed E-state index contributed by atoms with van der Waals surface area (Å²) in [5.41, 5.74) is 2.23. The highest BCUT2D eigenvalue weighted by molar-refractivity contribution is 9.10. The Kier molecular flexibility index (Phi) is 5.87. The summed E-state index contributed by atoms with van der Waals surface area (Å²) in [4.78, 5) is 23.6. The second-order valence-electron chi connectivity index (χ2n) is 5.90. The molecule has 0 aliphatic carbocycles. The van der Waals surface area contributed by atoms with E-state index in [1.807, 2.05) is 22.8 Å². The van der Waals surface area contributed by atoms with Crippen LogP contribution in [-0.2, 0) is 16.1 Å². The van der Waals surface area contributed by atoms with Crippen molar-refractivity contribution in [2.45, 2.75) is 20.4 Å². The van der Waals surface area contributed by atoms with Gasteiger partial charge in [0.05, 0.1) is 11.6 Å². The molecule has 0 atom stereocenters. The van der Waals surface area contributed by atoms with E-state index in [1.165, 1.54) is 6.92 Å². The third kappa shape index (κ3) is 4.34. The maximum Gasteiger partial charge on any atom is 0.354 e. The molecule has 0 radical (unpaired) electrons. The monoisotopic (exact) mass is 449 g/mol. The van der Waals surface area contributed by atoms with Gasteiger partial charge < -0.3 is 14.0 Å². The second-order valence-corrected chi connectivity index (χ2v) is 7.16. The molecule has 0 aliphatic rings. The van der Waals surface area contributed by atoms with E-state index in [2.05, 4.69) is 15.9 Å². The zero-order valence-corrected chi connectivity index (χ0v) is 17.1. The number of aromatic nitrogens is 1. The Morgan fingerprint density at radius 2 is 1.93 bits per heavy atom. The fourth-order valence-electron chi connectivity index (χ4n) is 2.84. The van der Waals surface area contributed by atoms with Crippen LogP contribution in [-0.4, -0.2) is 23.1 Å². The summed E-state index contributed by atoms with van der Waals surface area (Å²) >= 11 is 9.49. The Bertz CT molecular complexity index is 1030. The summed E-state index contributed by atoms with van der Waals surface area (Å²) in [6.45, 7) is 3.85. The smallest absolute Gasteiger partial charge is 0.354 e. The lowest BCUT2D eigenvalue weighted by Gasteiger charge is -2.11. The molecule has 0 aliphatic heterocycles. The maximum atomic E-state index is 12.5. The first-order chi connectivity index (χ1) is 12.9. The van der Waals surface area contributed by atoms with Gasteiger partial charge in [0.25, 0.3) is 0 Å². The van der Waals surface area contributed by atoms with Gasteiger partial charge in [0.1, 0.15) is 11.4 Å². The standard InChI is InChI=1S/C20H17BrClNO4/c1-3-26-20(25)19-10-14-9-15(27-12(2)24)5-7-18(14)23(19)11-13-4-6-17(22)16(21)8-13/h4-10H,3,11H2,1-2H3. The molecular weight excluding hydrogens is 434 g/mol. The quantitative estimate of drug-likeness (QED) is 0.396. The van der Waals surface area contributed by atoms with Crippen molar-refractivity contribution in [2.75, 3.05) is 6.61 Å². The van der Waals surface area contributed by atoms with Crippen molar-refractivity contribution in [1.82, 2.24) is 4.57 Å². The Labute approximate surface area is 169 Å². The van der Waals surface area contributed by atoms with Crippen LogP contribution in [0.2, 0.25) is 5.02 Å². The van der Waals surface area contributed by atoms with Crippen LogP contribution in [0.3, 0.4) is 0 Å². The number of nitrogens with zero attached hydrogens (tertiary/aromatic N) is 1. The van der Waals surface area contributed by atoms with Crippen molar-refractivity contribution >= 4 is 50.4 Å². The number of hydrogen-bond acceptors (Lipinski definition) is 4. The van der Waals surface area contributed by atoms with Crippen molar-refractivity contribution in [3.05, 3.63) is 63.2 Å². The summed E-state index contributed by atoms with van der Waals surface area (Å²) < 4.78 is 13.0. The molecule has 0 saturated heterocycles. The van der Waals surface area contributed by atoms with Crippen LogP contribution >= 0.6 is 27.5 Å². The topological polar surface area (TPSA) is 57.5 Å². The Morgan fingerprint density at radius 1 is 1.15 bits per heavy atom. The summed E-state index contributed by atoms with van der Waals surface area (Å²) in [6, 6.07) is 12.6. The molecule has 3 aromatic rings. The number of halogens is 2. The van der Waals surface area contributed by atoms with E-state index in [4.69, 9.17) is 21.1 Å². The zero-order valence-electron chi connectivity index (χ0n) is 14.8. The summed E-state index contributed by atoms with van der Waals surface area (Å²) in [5, 5.41) is 1.40. The molecule has 1 heterocycles. The zero-order chi connectivity index (χ0) is 19.6. The van der Waals surface area contributed by atoms with Crippen LogP contribution in [0.25, 0.3) is 10.9 Å². The van der Waals surface area contributed by atoms with Crippen molar-refractivity contribution in [3.63, 3.8) is 0 Å². The average molecular weight is 451 g/mol. The van der Waals surface area contributed by atoms with E-state index < -0.39 is 11.9 Å². The molecule has 0 amide bonds. The van der Waals surface area contributed by atoms with Crippen LogP contribution < -0.4 is 4.74 Å². The van der Waals surface area contributed by atoms with Gasteiger partial charge in [-0.25, -0.2) is 4.79 Å². The third-order valence-electron chi connectivity index (χ3n) is 3.94. The van der Waals surface area contributed by atoms with Gasteiger partial charge in [-0.1, -0.05) is 17.7 Å². The van der Waals surface area contributed by atoms with Gasteiger partial charge >= 0.3 is 11.9 Å². The number of benzene rings is 2. The maximum absolute atomic E-state index is 12.5. The van der Waals surface area contributed by atoms with Crippen LogP contribution in [0.15, 0.2) is 46.9 Å². The van der Waals surface area contributed by atoms with E-state index in [0.29, 0.717) is 23.0 Å². The molecule has 0 saturated carbocycles. The van der Waals surface area contributed by atoms with Crippen molar-refractivity contribution in [3.8, 4) is 5.75 Å². The van der Waals surface area contributed by atoms with Gasteiger partial charge in [0.15, 0.2) is 0 Å². The van der Waals surface area contributed by atoms with Gasteiger partial charge in [0.2, 0.25) is 0 Å². The predicted molar refractivity (Wildman–Crippen MR) is 107 cm³/mol. The highest BCUT2D eigenvalue weighted by Crippen LogP contribution is 2.28. The van der Waals surface area contributed by atoms with Gasteiger partial charge in [0, 0.05) is 28.8 Å². The average Bonchev–Trinajstić information content (AvgIpc) is 2.96. The van der Waals surface area contributed by atoms with Crippen molar-refractivity contribution < 1.29 is 19.1 Å². The number of fused-ring (bicyclic) bond motifs is 1. The van der Waals surface area contributed by atoms with Gasteiger partial charge in [-0.3, -0.25) is 4.79 Å². The minimum absolute atomic E-state index is 0.283. The third-order valence-corrected chi connectivity index (χ3v) is 5.16. The highest BCUT2D eigenvalue weighted by Gasteiger charge is 2.18. The SMILES string of the molecule is CCOC(=O)c1cc2cc(OC(C)=O)ccc2n1Cc1ccc(Cl)c(Br)c1. The largest absolute Gasteiger partial charge is 0.461 e. The molecule has 0 bridgehead atoms. The molecule has 140 valence electrons. The predicted octanol–water partition coefficient (Wildman–Crippen LogP) is 5.21. The van der Waals surface area contributed by atoms with E-state index in [9.17, 15) is 9.59 Å². The molecule has 1 aromatic heterocycles. The number of carbonyl (C=O) groups excluding carboxylic acids is 2. The molecular formula is C20H17BrClNO4. The van der Waals surface area contributed by atoms with Crippen LogP contribution in [0, 0.1) is 0 Å². The van der Waals surface area contributed by atoms with Gasteiger partial charge in [-0.15, -0.1) is 0 Å². The normalized spacial score (nSPS) is 10.8. The lowest BCUT2D eigenvalue weighted by Crippen LogP contribution is -2.12. The molecule has 0 fully saturated rings. The molecule has 5 nitrogen and oxygen atoms in total. The minimum Gasteiger partial charge on any atom is -0.461 e. The molecule has 0 unspecified atom stereocenters. The summed E-state index contributed by atoms with van der Waals surface area (Å²) in [6.07, 6.45) is 0. The molecule has 0 spiro atoms. The van der Waals surface area contributed by atoms with Gasteiger partial charge in [-0.2, -0.15) is 0 Å². The van der Waals surface area contributed by atoms with Crippen LogP contribution in [0.1, 0.15) is 29.9 Å². The van der Waals surface area contributed by atoms with E-state index >= 15 is 0 Å². The summed E-state index contributed by atoms with van der Waals surface area (Å²) in [7, 11) is 0. The fourth-order valence-corrected chi connectivity index (χ4v) is 3.39. The van der Waals surface area contributed by atoms with E-state index in [-0.39, 0.29) is 6.61 Å². The van der Waals surface area contributed by atoms with Crippen LogP contribution in [0.5, 0.6) is 5.75 Å². The Balaban J connectivity index is 2.08. The Hall–Kier alpha value is -2.31. The lowest BCUT2D eigenvalue weighted by atomic mass is 10.2. The van der Waals surface area contributed by atoms with Gasteiger partial charge in [-0.05, 0) is 64.8 Å². The molecule has 2 aromatic carbocycles. The first-order valence-corrected chi connectivity index (χ1v) is 9.49. The lowest BCUT2D eigenvalue weighted by molar-refractivity contribution is -0.131. The number of esters is 2. The second kappa shape index (κ2) is 8.15. The summed E-state index contributed by atoms with van der Waals surface area (Å²) in [5.74, 6) is -0.377. The first kappa shape index (κ1) is 19.5. The number of rotatable bonds is 5. The van der Waals surface area contributed by atoms with E-state index in [0.717, 1.165) is 20.9 Å². The number of hydrogen-bond donors (Lipinski definition) is 0. The molecule has 7 heteroatoms.